The van der Waals surface area contributed by atoms with Crippen LogP contribution < -0.4 is 9.64 Å². The van der Waals surface area contributed by atoms with Gasteiger partial charge in [-0.05, 0) is 45.2 Å². The molecule has 27 heavy (non-hydrogen) atoms. The van der Waals surface area contributed by atoms with E-state index in [9.17, 15) is 13.2 Å². The van der Waals surface area contributed by atoms with Crippen LogP contribution in [0, 0.1) is 6.92 Å². The second-order valence-electron chi connectivity index (χ2n) is 7.83. The number of amides is 1. The summed E-state index contributed by atoms with van der Waals surface area (Å²) < 4.78 is 34.6. The highest BCUT2D eigenvalue weighted by Gasteiger charge is 2.36. The molecule has 1 saturated carbocycles. The topological polar surface area (TPSA) is 66.9 Å². The minimum atomic E-state index is -3.65. The van der Waals surface area contributed by atoms with E-state index in [1.807, 2.05) is 13.8 Å². The molecule has 1 aromatic rings. The fraction of sp³-hybridized carbons (Fsp3) is 0.650. The van der Waals surface area contributed by atoms with Crippen LogP contribution in [0.1, 0.15) is 58.4 Å². The Hall–Kier alpha value is -1.60. The third-order valence-electron chi connectivity index (χ3n) is 5.50. The van der Waals surface area contributed by atoms with Crippen LogP contribution in [0.5, 0.6) is 5.75 Å². The van der Waals surface area contributed by atoms with Crippen molar-refractivity contribution in [3.8, 4) is 5.75 Å². The quantitative estimate of drug-likeness (QED) is 0.784. The molecule has 1 heterocycles. The summed E-state index contributed by atoms with van der Waals surface area (Å²) in [6.45, 7) is 8.03. The maximum absolute atomic E-state index is 13.6. The van der Waals surface area contributed by atoms with Crippen molar-refractivity contribution in [1.82, 2.24) is 4.31 Å². The average molecular weight is 395 g/mol. The molecule has 0 spiro atoms. The number of anilines is 1. The lowest BCUT2D eigenvalue weighted by Crippen LogP contribution is -2.45. The number of ether oxygens (including phenoxy) is 1. The van der Waals surface area contributed by atoms with Gasteiger partial charge in [-0.1, -0.05) is 19.3 Å². The Morgan fingerprint density at radius 1 is 1.22 bits per heavy atom. The SMILES string of the molecule is CC(=O)N1CCOc2cc(S(=O)(=O)N(C(C)C)C3CCCCC3)c(C)cc21. The second-order valence-corrected chi connectivity index (χ2v) is 9.64. The van der Waals surface area contributed by atoms with Gasteiger partial charge in [0.15, 0.2) is 0 Å². The van der Waals surface area contributed by atoms with Crippen LogP contribution in [0.4, 0.5) is 5.69 Å². The largest absolute Gasteiger partial charge is 0.489 e. The normalized spacial score (nSPS) is 18.5. The van der Waals surface area contributed by atoms with E-state index in [-0.39, 0.29) is 22.9 Å². The molecule has 1 aliphatic carbocycles. The van der Waals surface area contributed by atoms with Gasteiger partial charge in [-0.25, -0.2) is 8.42 Å². The number of sulfonamides is 1. The Bertz CT molecular complexity index is 814. The minimum Gasteiger partial charge on any atom is -0.489 e. The third kappa shape index (κ3) is 3.85. The molecule has 7 heteroatoms. The zero-order valence-electron chi connectivity index (χ0n) is 16.7. The van der Waals surface area contributed by atoms with E-state index >= 15 is 0 Å². The van der Waals surface area contributed by atoms with Crippen molar-refractivity contribution in [2.45, 2.75) is 76.8 Å². The lowest BCUT2D eigenvalue weighted by molar-refractivity contribution is -0.116. The van der Waals surface area contributed by atoms with Gasteiger partial charge in [0, 0.05) is 25.1 Å². The van der Waals surface area contributed by atoms with Gasteiger partial charge in [0.25, 0.3) is 0 Å². The summed E-state index contributed by atoms with van der Waals surface area (Å²) >= 11 is 0. The molecule has 3 rings (SSSR count). The van der Waals surface area contributed by atoms with Crippen molar-refractivity contribution in [2.75, 3.05) is 18.1 Å². The van der Waals surface area contributed by atoms with E-state index in [0.29, 0.717) is 30.2 Å². The lowest BCUT2D eigenvalue weighted by atomic mass is 9.95. The molecule has 150 valence electrons. The minimum absolute atomic E-state index is 0.0498. The number of fused-ring (bicyclic) bond motifs is 1. The zero-order chi connectivity index (χ0) is 19.8. The first-order valence-corrected chi connectivity index (χ1v) is 11.3. The molecule has 0 bridgehead atoms. The Morgan fingerprint density at radius 2 is 1.89 bits per heavy atom. The van der Waals surface area contributed by atoms with E-state index in [1.54, 1.807) is 28.3 Å². The van der Waals surface area contributed by atoms with Crippen LogP contribution in [0.15, 0.2) is 17.0 Å². The molecule has 1 amide bonds. The maximum atomic E-state index is 13.6. The number of hydrogen-bond acceptors (Lipinski definition) is 4. The summed E-state index contributed by atoms with van der Waals surface area (Å²) in [6, 6.07) is 3.31. The molecule has 0 saturated heterocycles. The molecule has 0 unspecified atom stereocenters. The third-order valence-corrected chi connectivity index (χ3v) is 7.77. The first-order chi connectivity index (χ1) is 12.7. The number of carbonyl (C=O) groups excluding carboxylic acids is 1. The molecular weight excluding hydrogens is 364 g/mol. The first kappa shape index (κ1) is 20.1. The van der Waals surface area contributed by atoms with Crippen molar-refractivity contribution in [2.24, 2.45) is 0 Å². The number of aryl methyl sites for hydroxylation is 1. The van der Waals surface area contributed by atoms with E-state index < -0.39 is 10.0 Å². The predicted molar refractivity (Wildman–Crippen MR) is 106 cm³/mol. The molecule has 0 N–H and O–H groups in total. The molecule has 6 nitrogen and oxygen atoms in total. The van der Waals surface area contributed by atoms with Gasteiger partial charge in [0.1, 0.15) is 12.4 Å². The molecule has 0 atom stereocenters. The number of benzene rings is 1. The van der Waals surface area contributed by atoms with Crippen molar-refractivity contribution in [1.29, 1.82) is 0 Å². The van der Waals surface area contributed by atoms with Crippen molar-refractivity contribution < 1.29 is 17.9 Å². The number of hydrogen-bond donors (Lipinski definition) is 0. The van der Waals surface area contributed by atoms with Crippen LogP contribution >= 0.6 is 0 Å². The van der Waals surface area contributed by atoms with Gasteiger partial charge in [0.05, 0.1) is 17.1 Å². The summed E-state index contributed by atoms with van der Waals surface area (Å²) in [6.07, 6.45) is 5.15. The highest BCUT2D eigenvalue weighted by Crippen LogP contribution is 2.38. The second kappa shape index (κ2) is 7.80. The summed E-state index contributed by atoms with van der Waals surface area (Å²) in [5, 5.41) is 0. The maximum Gasteiger partial charge on any atom is 0.243 e. The molecule has 1 fully saturated rings. The summed E-state index contributed by atoms with van der Waals surface area (Å²) in [4.78, 5) is 13.8. The molecular formula is C20H30N2O4S. The predicted octanol–water partition coefficient (Wildman–Crippen LogP) is 3.47. The van der Waals surface area contributed by atoms with E-state index in [4.69, 9.17) is 4.74 Å². The van der Waals surface area contributed by atoms with E-state index in [1.165, 1.54) is 13.3 Å². The van der Waals surface area contributed by atoms with E-state index in [0.717, 1.165) is 25.7 Å². The molecule has 1 aliphatic heterocycles. The zero-order valence-corrected chi connectivity index (χ0v) is 17.5. The monoisotopic (exact) mass is 394 g/mol. The van der Waals surface area contributed by atoms with E-state index in [2.05, 4.69) is 0 Å². The molecule has 0 radical (unpaired) electrons. The smallest absolute Gasteiger partial charge is 0.243 e. The Balaban J connectivity index is 2.04. The van der Waals surface area contributed by atoms with Gasteiger partial charge in [0.2, 0.25) is 15.9 Å². The molecule has 0 aromatic heterocycles. The van der Waals surface area contributed by atoms with Crippen LogP contribution in [-0.2, 0) is 14.8 Å². The van der Waals surface area contributed by atoms with Crippen molar-refractivity contribution >= 4 is 21.6 Å². The fourth-order valence-corrected chi connectivity index (χ4v) is 6.40. The molecule has 1 aromatic carbocycles. The standard InChI is InChI=1S/C20H30N2O4S/c1-14(2)22(17-8-6-5-7-9-17)27(24,25)20-13-19-18(12-15(20)3)21(16(4)23)10-11-26-19/h12-14,17H,5-11H2,1-4H3. The Kier molecular flexibility index (Phi) is 5.82. The van der Waals surface area contributed by atoms with Crippen LogP contribution in [0.3, 0.4) is 0 Å². The summed E-state index contributed by atoms with van der Waals surface area (Å²) in [7, 11) is -3.65. The van der Waals surface area contributed by atoms with Gasteiger partial charge in [-0.3, -0.25) is 4.79 Å². The first-order valence-electron chi connectivity index (χ1n) is 9.82. The van der Waals surface area contributed by atoms with Gasteiger partial charge in [-0.15, -0.1) is 0 Å². The summed E-state index contributed by atoms with van der Waals surface area (Å²) in [5.41, 5.74) is 1.30. The molecule has 2 aliphatic rings. The van der Waals surface area contributed by atoms with Gasteiger partial charge >= 0.3 is 0 Å². The Labute approximate surface area is 162 Å². The van der Waals surface area contributed by atoms with Crippen molar-refractivity contribution in [3.05, 3.63) is 17.7 Å². The number of rotatable bonds is 4. The lowest BCUT2D eigenvalue weighted by Gasteiger charge is -2.37. The number of nitrogens with zero attached hydrogens (tertiary/aromatic N) is 2. The van der Waals surface area contributed by atoms with Crippen molar-refractivity contribution in [3.63, 3.8) is 0 Å². The average Bonchev–Trinajstić information content (AvgIpc) is 2.60. The Morgan fingerprint density at radius 3 is 2.48 bits per heavy atom. The van der Waals surface area contributed by atoms with Gasteiger partial charge < -0.3 is 9.64 Å². The fourth-order valence-electron chi connectivity index (χ4n) is 4.30. The highest BCUT2D eigenvalue weighted by atomic mass is 32.2. The van der Waals surface area contributed by atoms with Gasteiger partial charge in [-0.2, -0.15) is 4.31 Å². The van der Waals surface area contributed by atoms with Crippen LogP contribution in [0.25, 0.3) is 0 Å². The van der Waals surface area contributed by atoms with Crippen LogP contribution in [-0.4, -0.2) is 43.9 Å². The highest BCUT2D eigenvalue weighted by molar-refractivity contribution is 7.89. The number of carbonyl (C=O) groups is 1. The summed E-state index contributed by atoms with van der Waals surface area (Å²) in [5.74, 6) is 0.397. The van der Waals surface area contributed by atoms with Crippen LogP contribution in [0.2, 0.25) is 0 Å².